The highest BCUT2D eigenvalue weighted by atomic mass is 32.2. The van der Waals surface area contributed by atoms with Crippen molar-refractivity contribution in [2.75, 3.05) is 6.61 Å². The Hall–Kier alpha value is -0.0600. The molecule has 1 N–H and O–H groups in total. The minimum atomic E-state index is 0.282. The normalized spacial score (nSPS) is 13.2. The molecule has 0 aliphatic carbocycles. The summed E-state index contributed by atoms with van der Waals surface area (Å²) in [7, 11) is 0. The second-order valence-electron chi connectivity index (χ2n) is 2.99. The van der Waals surface area contributed by atoms with Crippen LogP contribution < -0.4 is 0 Å². The van der Waals surface area contributed by atoms with Crippen LogP contribution in [-0.2, 0) is 5.75 Å². The number of aromatic nitrogens is 1. The Kier molecular flexibility index (Phi) is 4.77. The van der Waals surface area contributed by atoms with Gasteiger partial charge in [0.1, 0.15) is 0 Å². The summed E-state index contributed by atoms with van der Waals surface area (Å²) >= 11 is 3.55. The van der Waals surface area contributed by atoms with Crippen LogP contribution in [0.25, 0.3) is 0 Å². The molecule has 1 aromatic heterocycles. The van der Waals surface area contributed by atoms with Gasteiger partial charge in [0.05, 0.1) is 10.7 Å². The Morgan fingerprint density at radius 3 is 3.00 bits per heavy atom. The number of rotatable bonds is 5. The van der Waals surface area contributed by atoms with Gasteiger partial charge in [-0.1, -0.05) is 6.92 Å². The average Bonchev–Trinajstić information content (AvgIpc) is 2.49. The molecule has 1 aromatic rings. The van der Waals surface area contributed by atoms with Gasteiger partial charge in [-0.2, -0.15) is 11.8 Å². The summed E-state index contributed by atoms with van der Waals surface area (Å²) < 4.78 is 0. The molecule has 1 rings (SSSR count). The number of hydrogen-bond acceptors (Lipinski definition) is 4. The predicted octanol–water partition coefficient (Wildman–Crippen LogP) is 2.46. The monoisotopic (exact) mass is 217 g/mol. The Labute approximate surface area is 87.4 Å². The lowest BCUT2D eigenvalue weighted by molar-refractivity contribution is 0.289. The van der Waals surface area contributed by atoms with Crippen molar-refractivity contribution in [3.63, 3.8) is 0 Å². The molecule has 0 radical (unpaired) electrons. The van der Waals surface area contributed by atoms with Gasteiger partial charge in [-0.15, -0.1) is 11.3 Å². The largest absolute Gasteiger partial charge is 0.396 e. The van der Waals surface area contributed by atoms with E-state index in [0.717, 1.165) is 22.9 Å². The molecule has 0 aromatic carbocycles. The molecule has 0 aliphatic heterocycles. The van der Waals surface area contributed by atoms with Crippen LogP contribution >= 0.6 is 23.1 Å². The molecule has 2 nitrogen and oxygen atoms in total. The lowest BCUT2D eigenvalue weighted by Gasteiger charge is -2.06. The zero-order valence-corrected chi connectivity index (χ0v) is 9.62. The molecule has 0 spiro atoms. The first-order chi connectivity index (χ1) is 6.22. The van der Waals surface area contributed by atoms with Crippen molar-refractivity contribution in [1.29, 1.82) is 0 Å². The minimum absolute atomic E-state index is 0.282. The van der Waals surface area contributed by atoms with Gasteiger partial charge >= 0.3 is 0 Å². The van der Waals surface area contributed by atoms with Crippen LogP contribution in [0.2, 0.25) is 0 Å². The fourth-order valence-corrected chi connectivity index (χ4v) is 2.56. The van der Waals surface area contributed by atoms with Gasteiger partial charge in [0.2, 0.25) is 0 Å². The molecule has 4 heteroatoms. The number of aliphatic hydroxyl groups excluding tert-OH is 1. The molecule has 1 unspecified atom stereocenters. The van der Waals surface area contributed by atoms with Crippen molar-refractivity contribution in [2.24, 2.45) is 0 Å². The van der Waals surface area contributed by atoms with Crippen LogP contribution in [-0.4, -0.2) is 21.9 Å². The summed E-state index contributed by atoms with van der Waals surface area (Å²) in [5.41, 5.74) is 1.16. The average molecular weight is 217 g/mol. The summed E-state index contributed by atoms with van der Waals surface area (Å²) in [4.78, 5) is 4.38. The van der Waals surface area contributed by atoms with E-state index in [1.165, 1.54) is 0 Å². The van der Waals surface area contributed by atoms with E-state index in [2.05, 4.69) is 17.3 Å². The molecule has 1 atom stereocenters. The zero-order valence-electron chi connectivity index (χ0n) is 7.99. The highest BCUT2D eigenvalue weighted by Gasteiger charge is 2.03. The second kappa shape index (κ2) is 5.62. The summed E-state index contributed by atoms with van der Waals surface area (Å²) in [6.07, 6.45) is 0.869. The smallest absolute Gasteiger partial charge is 0.0897 e. The third kappa shape index (κ3) is 4.11. The molecule has 0 bridgehead atoms. The van der Waals surface area contributed by atoms with Gasteiger partial charge < -0.3 is 5.11 Å². The van der Waals surface area contributed by atoms with Gasteiger partial charge in [-0.05, 0) is 13.3 Å². The fourth-order valence-electron chi connectivity index (χ4n) is 0.967. The lowest BCUT2D eigenvalue weighted by atomic mass is 10.3. The standard InChI is InChI=1S/C9H15NOS2/c1-7(3-4-11)12-5-9-6-13-8(2)10-9/h6-7,11H,3-5H2,1-2H3. The molecule has 74 valence electrons. The first-order valence-electron chi connectivity index (χ1n) is 4.36. The number of nitrogens with zero attached hydrogens (tertiary/aromatic N) is 1. The Morgan fingerprint density at radius 1 is 1.69 bits per heavy atom. The quantitative estimate of drug-likeness (QED) is 0.822. The van der Waals surface area contributed by atoms with E-state index in [1.54, 1.807) is 11.3 Å². The van der Waals surface area contributed by atoms with Gasteiger partial charge in [0.25, 0.3) is 0 Å². The van der Waals surface area contributed by atoms with E-state index < -0.39 is 0 Å². The minimum Gasteiger partial charge on any atom is -0.396 e. The highest BCUT2D eigenvalue weighted by molar-refractivity contribution is 7.99. The van der Waals surface area contributed by atoms with E-state index in [4.69, 9.17) is 5.11 Å². The summed E-state index contributed by atoms with van der Waals surface area (Å²) in [6.45, 7) is 4.44. The number of aryl methyl sites for hydroxylation is 1. The van der Waals surface area contributed by atoms with Crippen molar-refractivity contribution in [2.45, 2.75) is 31.3 Å². The maximum Gasteiger partial charge on any atom is 0.0897 e. The van der Waals surface area contributed by atoms with Gasteiger partial charge in [0.15, 0.2) is 0 Å². The predicted molar refractivity (Wildman–Crippen MR) is 59.3 cm³/mol. The molecule has 13 heavy (non-hydrogen) atoms. The maximum atomic E-state index is 8.71. The van der Waals surface area contributed by atoms with Crippen molar-refractivity contribution < 1.29 is 5.11 Å². The van der Waals surface area contributed by atoms with Crippen LogP contribution in [0.15, 0.2) is 5.38 Å². The molecule has 0 aliphatic rings. The number of thioether (sulfide) groups is 1. The first kappa shape index (κ1) is 11.0. The summed E-state index contributed by atoms with van der Waals surface area (Å²) in [6, 6.07) is 0. The topological polar surface area (TPSA) is 33.1 Å². The lowest BCUT2D eigenvalue weighted by Crippen LogP contribution is -1.99. The highest BCUT2D eigenvalue weighted by Crippen LogP contribution is 2.20. The molecular weight excluding hydrogens is 202 g/mol. The summed E-state index contributed by atoms with van der Waals surface area (Å²) in [5, 5.41) is 12.5. The van der Waals surface area contributed by atoms with Crippen LogP contribution in [0.3, 0.4) is 0 Å². The van der Waals surface area contributed by atoms with Crippen LogP contribution in [0.1, 0.15) is 24.0 Å². The second-order valence-corrected chi connectivity index (χ2v) is 5.48. The maximum absolute atomic E-state index is 8.71. The Balaban J connectivity index is 2.26. The first-order valence-corrected chi connectivity index (χ1v) is 6.28. The van der Waals surface area contributed by atoms with E-state index in [0.29, 0.717) is 5.25 Å². The number of hydrogen-bond donors (Lipinski definition) is 1. The molecule has 1 heterocycles. The van der Waals surface area contributed by atoms with E-state index >= 15 is 0 Å². The van der Waals surface area contributed by atoms with Crippen molar-refractivity contribution in [1.82, 2.24) is 4.98 Å². The van der Waals surface area contributed by atoms with Crippen molar-refractivity contribution in [3.05, 3.63) is 16.1 Å². The van der Waals surface area contributed by atoms with E-state index in [1.807, 2.05) is 18.7 Å². The van der Waals surface area contributed by atoms with Gasteiger partial charge in [-0.3, -0.25) is 0 Å². The summed E-state index contributed by atoms with van der Waals surface area (Å²) in [5.74, 6) is 0.964. The van der Waals surface area contributed by atoms with Crippen molar-refractivity contribution >= 4 is 23.1 Å². The Morgan fingerprint density at radius 2 is 2.46 bits per heavy atom. The molecule has 0 saturated heterocycles. The fraction of sp³-hybridized carbons (Fsp3) is 0.667. The number of aliphatic hydroxyl groups is 1. The van der Waals surface area contributed by atoms with Crippen molar-refractivity contribution in [3.8, 4) is 0 Å². The van der Waals surface area contributed by atoms with E-state index in [-0.39, 0.29) is 6.61 Å². The Bertz CT molecular complexity index is 250. The molecule has 0 saturated carbocycles. The zero-order chi connectivity index (χ0) is 9.68. The third-order valence-corrected chi connectivity index (χ3v) is 3.81. The van der Waals surface area contributed by atoms with Gasteiger partial charge in [0, 0.05) is 23.0 Å². The van der Waals surface area contributed by atoms with Crippen LogP contribution in [0.4, 0.5) is 0 Å². The molecule has 0 fully saturated rings. The van der Waals surface area contributed by atoms with Crippen LogP contribution in [0.5, 0.6) is 0 Å². The van der Waals surface area contributed by atoms with Gasteiger partial charge in [-0.25, -0.2) is 4.98 Å². The van der Waals surface area contributed by atoms with E-state index in [9.17, 15) is 0 Å². The molecule has 0 amide bonds. The SMILES string of the molecule is Cc1nc(CSC(C)CCO)cs1. The third-order valence-electron chi connectivity index (χ3n) is 1.72. The van der Waals surface area contributed by atoms with Crippen LogP contribution in [0, 0.1) is 6.92 Å². The number of thiazole rings is 1. The molecular formula is C9H15NOS2.